The highest BCUT2D eigenvalue weighted by atomic mass is 32.2. The molecule has 2 aliphatic carbocycles. The standard InChI is InChI=1S/C16H25N3O2S/c1-11-5-3-4-6-13(11)19(2)15(20)10-22-9-14-17-16(18-21-14)12-7-8-12/h11-13H,3-10H2,1-2H3/t11-,13+/m1/s1. The first-order chi connectivity index (χ1) is 10.6. The normalized spacial score (nSPS) is 25.2. The fourth-order valence-electron chi connectivity index (χ4n) is 3.22. The Kier molecular flexibility index (Phi) is 5.06. The van der Waals surface area contributed by atoms with Gasteiger partial charge < -0.3 is 9.42 Å². The van der Waals surface area contributed by atoms with E-state index in [1.54, 1.807) is 11.8 Å². The Morgan fingerprint density at radius 2 is 2.09 bits per heavy atom. The molecule has 0 bridgehead atoms. The number of carbonyl (C=O) groups is 1. The van der Waals surface area contributed by atoms with Gasteiger partial charge in [-0.2, -0.15) is 4.98 Å². The van der Waals surface area contributed by atoms with E-state index in [1.165, 1.54) is 32.1 Å². The maximum absolute atomic E-state index is 12.3. The molecule has 6 heteroatoms. The van der Waals surface area contributed by atoms with Crippen LogP contribution in [0, 0.1) is 5.92 Å². The van der Waals surface area contributed by atoms with Crippen molar-refractivity contribution in [1.29, 1.82) is 0 Å². The molecule has 0 saturated heterocycles. The fourth-order valence-corrected chi connectivity index (χ4v) is 3.99. The third kappa shape index (κ3) is 3.83. The van der Waals surface area contributed by atoms with E-state index in [0.29, 0.717) is 35.3 Å². The van der Waals surface area contributed by atoms with E-state index in [1.807, 2.05) is 11.9 Å². The maximum atomic E-state index is 12.3. The molecule has 2 saturated carbocycles. The number of nitrogens with zero attached hydrogens (tertiary/aromatic N) is 3. The van der Waals surface area contributed by atoms with Gasteiger partial charge in [-0.15, -0.1) is 11.8 Å². The van der Waals surface area contributed by atoms with Crippen molar-refractivity contribution in [2.75, 3.05) is 12.8 Å². The largest absolute Gasteiger partial charge is 0.342 e. The smallest absolute Gasteiger partial charge is 0.236 e. The predicted molar refractivity (Wildman–Crippen MR) is 86.6 cm³/mol. The molecule has 0 aromatic carbocycles. The second kappa shape index (κ2) is 7.02. The number of amides is 1. The summed E-state index contributed by atoms with van der Waals surface area (Å²) in [7, 11) is 1.95. The summed E-state index contributed by atoms with van der Waals surface area (Å²) in [4.78, 5) is 18.7. The van der Waals surface area contributed by atoms with E-state index in [0.717, 1.165) is 12.2 Å². The monoisotopic (exact) mass is 323 g/mol. The quantitative estimate of drug-likeness (QED) is 0.804. The zero-order valence-corrected chi connectivity index (χ0v) is 14.3. The maximum Gasteiger partial charge on any atom is 0.236 e. The molecule has 1 amide bonds. The summed E-state index contributed by atoms with van der Waals surface area (Å²) in [6.45, 7) is 2.26. The van der Waals surface area contributed by atoms with Crippen LogP contribution in [-0.4, -0.2) is 39.8 Å². The first kappa shape index (κ1) is 15.8. The Hall–Kier alpha value is -1.04. The van der Waals surface area contributed by atoms with Crippen molar-refractivity contribution in [2.24, 2.45) is 5.92 Å². The average molecular weight is 323 g/mol. The van der Waals surface area contributed by atoms with Crippen LogP contribution in [0.5, 0.6) is 0 Å². The third-order valence-electron chi connectivity index (χ3n) is 4.83. The second-order valence-electron chi connectivity index (χ2n) is 6.65. The van der Waals surface area contributed by atoms with Crippen LogP contribution in [-0.2, 0) is 10.5 Å². The molecule has 0 radical (unpaired) electrons. The van der Waals surface area contributed by atoms with Crippen LogP contribution >= 0.6 is 11.8 Å². The number of rotatable bonds is 6. The van der Waals surface area contributed by atoms with E-state index < -0.39 is 0 Å². The van der Waals surface area contributed by atoms with E-state index in [9.17, 15) is 4.79 Å². The highest BCUT2D eigenvalue weighted by Crippen LogP contribution is 2.38. The molecule has 2 fully saturated rings. The van der Waals surface area contributed by atoms with Gasteiger partial charge in [-0.25, -0.2) is 0 Å². The van der Waals surface area contributed by atoms with Gasteiger partial charge in [-0.3, -0.25) is 4.79 Å². The summed E-state index contributed by atoms with van der Waals surface area (Å²) in [6, 6.07) is 0.409. The minimum atomic E-state index is 0.214. The van der Waals surface area contributed by atoms with Gasteiger partial charge in [0.2, 0.25) is 11.8 Å². The number of aromatic nitrogens is 2. The molecule has 1 aromatic rings. The lowest BCUT2D eigenvalue weighted by Crippen LogP contribution is -2.43. The van der Waals surface area contributed by atoms with E-state index >= 15 is 0 Å². The molecular formula is C16H25N3O2S. The molecule has 0 N–H and O–H groups in total. The number of hydrogen-bond donors (Lipinski definition) is 0. The molecular weight excluding hydrogens is 298 g/mol. The highest BCUT2D eigenvalue weighted by Gasteiger charge is 2.29. The summed E-state index contributed by atoms with van der Waals surface area (Å²) >= 11 is 1.57. The van der Waals surface area contributed by atoms with Gasteiger partial charge in [0.05, 0.1) is 11.5 Å². The van der Waals surface area contributed by atoms with Crippen molar-refractivity contribution in [2.45, 2.75) is 63.2 Å². The first-order valence-corrected chi connectivity index (χ1v) is 9.46. The fraction of sp³-hybridized carbons (Fsp3) is 0.812. The van der Waals surface area contributed by atoms with Crippen molar-refractivity contribution in [3.05, 3.63) is 11.7 Å². The Morgan fingerprint density at radius 1 is 1.32 bits per heavy atom. The van der Waals surface area contributed by atoms with Gasteiger partial charge in [0.25, 0.3) is 0 Å². The Balaban J connectivity index is 1.42. The summed E-state index contributed by atoms with van der Waals surface area (Å²) in [6.07, 6.45) is 7.27. The lowest BCUT2D eigenvalue weighted by atomic mass is 9.85. The topological polar surface area (TPSA) is 59.2 Å². The van der Waals surface area contributed by atoms with Crippen LogP contribution in [0.2, 0.25) is 0 Å². The van der Waals surface area contributed by atoms with Crippen LogP contribution in [0.4, 0.5) is 0 Å². The van der Waals surface area contributed by atoms with Crippen molar-refractivity contribution in [1.82, 2.24) is 15.0 Å². The van der Waals surface area contributed by atoms with Crippen LogP contribution < -0.4 is 0 Å². The highest BCUT2D eigenvalue weighted by molar-refractivity contribution is 7.99. The van der Waals surface area contributed by atoms with E-state index in [-0.39, 0.29) is 5.91 Å². The number of carbonyl (C=O) groups excluding carboxylic acids is 1. The SMILES string of the molecule is C[C@@H]1CCCC[C@@H]1N(C)C(=O)CSCc1nc(C2CC2)no1. The molecule has 22 heavy (non-hydrogen) atoms. The molecule has 1 aromatic heterocycles. The lowest BCUT2D eigenvalue weighted by molar-refractivity contribution is -0.130. The van der Waals surface area contributed by atoms with Gasteiger partial charge >= 0.3 is 0 Å². The summed E-state index contributed by atoms with van der Waals surface area (Å²) in [5.74, 6) is 3.95. The average Bonchev–Trinajstić information content (AvgIpc) is 3.27. The molecule has 122 valence electrons. The van der Waals surface area contributed by atoms with Gasteiger partial charge in [0.1, 0.15) is 0 Å². The number of hydrogen-bond acceptors (Lipinski definition) is 5. The van der Waals surface area contributed by atoms with Crippen molar-refractivity contribution in [3.63, 3.8) is 0 Å². The minimum Gasteiger partial charge on any atom is -0.342 e. The molecule has 2 aliphatic rings. The van der Waals surface area contributed by atoms with Crippen LogP contribution in [0.1, 0.15) is 63.1 Å². The molecule has 2 atom stereocenters. The zero-order valence-electron chi connectivity index (χ0n) is 13.5. The lowest BCUT2D eigenvalue weighted by Gasteiger charge is -2.36. The predicted octanol–water partition coefficient (Wildman–Crippen LogP) is 3.22. The molecule has 3 rings (SSSR count). The third-order valence-corrected chi connectivity index (χ3v) is 5.74. The van der Waals surface area contributed by atoms with Crippen LogP contribution in [0.25, 0.3) is 0 Å². The summed E-state index contributed by atoms with van der Waals surface area (Å²) in [5, 5.41) is 4.00. The molecule has 5 nitrogen and oxygen atoms in total. The first-order valence-electron chi connectivity index (χ1n) is 8.31. The zero-order chi connectivity index (χ0) is 15.5. The Labute approximate surface area is 136 Å². The molecule has 0 unspecified atom stereocenters. The molecule has 0 aliphatic heterocycles. The van der Waals surface area contributed by atoms with Crippen molar-refractivity contribution < 1.29 is 9.32 Å². The van der Waals surface area contributed by atoms with Crippen molar-refractivity contribution in [3.8, 4) is 0 Å². The van der Waals surface area contributed by atoms with Gasteiger partial charge in [0.15, 0.2) is 5.82 Å². The van der Waals surface area contributed by atoms with Gasteiger partial charge in [0, 0.05) is 19.0 Å². The molecule has 0 spiro atoms. The molecule has 1 heterocycles. The van der Waals surface area contributed by atoms with Gasteiger partial charge in [-0.1, -0.05) is 24.9 Å². The summed E-state index contributed by atoms with van der Waals surface area (Å²) < 4.78 is 5.23. The number of thioether (sulfide) groups is 1. The minimum absolute atomic E-state index is 0.214. The van der Waals surface area contributed by atoms with Gasteiger partial charge in [-0.05, 0) is 31.6 Å². The second-order valence-corrected chi connectivity index (χ2v) is 7.63. The Morgan fingerprint density at radius 3 is 2.82 bits per heavy atom. The van der Waals surface area contributed by atoms with E-state index in [4.69, 9.17) is 4.52 Å². The Bertz CT molecular complexity index is 515. The van der Waals surface area contributed by atoms with Crippen molar-refractivity contribution >= 4 is 17.7 Å². The van der Waals surface area contributed by atoms with Crippen LogP contribution in [0.3, 0.4) is 0 Å². The van der Waals surface area contributed by atoms with E-state index in [2.05, 4.69) is 17.1 Å². The van der Waals surface area contributed by atoms with Crippen LogP contribution in [0.15, 0.2) is 4.52 Å². The summed E-state index contributed by atoms with van der Waals surface area (Å²) in [5.41, 5.74) is 0.